The van der Waals surface area contributed by atoms with Crippen LogP contribution in [0.15, 0.2) is 59.5 Å². The summed E-state index contributed by atoms with van der Waals surface area (Å²) in [5.74, 6) is 0.949. The maximum atomic E-state index is 13.9. The quantitative estimate of drug-likeness (QED) is 0.351. The number of ether oxygens (including phenoxy) is 1. The molecule has 6 rings (SSSR count). The average Bonchev–Trinajstić information content (AvgIpc) is 3.40. The third-order valence-electron chi connectivity index (χ3n) is 5.78. The van der Waals surface area contributed by atoms with Gasteiger partial charge in [0.1, 0.15) is 23.5 Å². The summed E-state index contributed by atoms with van der Waals surface area (Å²) >= 11 is 3.56. The molecule has 0 atom stereocenters. The molecule has 5 aromatic rings. The van der Waals surface area contributed by atoms with Crippen molar-refractivity contribution in [1.82, 2.24) is 29.1 Å². The summed E-state index contributed by atoms with van der Waals surface area (Å²) in [6.07, 6.45) is 5.10. The highest BCUT2D eigenvalue weighted by molar-refractivity contribution is 9.10. The monoisotopic (exact) mass is 492 g/mol. The summed E-state index contributed by atoms with van der Waals surface area (Å²) in [5, 5.41) is 0. The Labute approximate surface area is 191 Å². The van der Waals surface area contributed by atoms with Gasteiger partial charge in [0, 0.05) is 35.4 Å². The Morgan fingerprint density at radius 3 is 2.72 bits per heavy atom. The number of imidazole rings is 2. The minimum atomic E-state index is -0.329. The van der Waals surface area contributed by atoms with E-state index in [9.17, 15) is 4.39 Å². The van der Waals surface area contributed by atoms with E-state index in [4.69, 9.17) is 14.7 Å². The molecule has 1 aliphatic heterocycles. The third kappa shape index (κ3) is 3.28. The minimum Gasteiger partial charge on any atom is -0.381 e. The van der Waals surface area contributed by atoms with Crippen molar-refractivity contribution in [2.24, 2.45) is 0 Å². The molecule has 1 fully saturated rings. The van der Waals surface area contributed by atoms with Gasteiger partial charge in [-0.25, -0.2) is 19.3 Å². The van der Waals surface area contributed by atoms with Crippen molar-refractivity contribution in [3.05, 3.63) is 65.3 Å². The fourth-order valence-electron chi connectivity index (χ4n) is 4.26. The first-order valence-electron chi connectivity index (χ1n) is 10.4. The van der Waals surface area contributed by atoms with Crippen molar-refractivity contribution >= 4 is 38.1 Å². The predicted molar refractivity (Wildman–Crippen MR) is 122 cm³/mol. The largest absolute Gasteiger partial charge is 0.381 e. The first-order chi connectivity index (χ1) is 15.7. The van der Waals surface area contributed by atoms with Crippen molar-refractivity contribution in [2.45, 2.75) is 18.9 Å². The van der Waals surface area contributed by atoms with Crippen LogP contribution in [-0.4, -0.2) is 42.3 Å². The molecule has 1 aliphatic rings. The average molecular weight is 493 g/mol. The van der Waals surface area contributed by atoms with Crippen LogP contribution in [0.3, 0.4) is 0 Å². The van der Waals surface area contributed by atoms with Gasteiger partial charge in [-0.2, -0.15) is 4.98 Å². The summed E-state index contributed by atoms with van der Waals surface area (Å²) < 4.78 is 24.4. The SMILES string of the molecule is Fc1ccc2ncn(-c3ncc4nc(-c5cccc(Br)c5)n(C5CCOCC5)c4n3)c2c1. The van der Waals surface area contributed by atoms with Gasteiger partial charge in [-0.3, -0.25) is 4.57 Å². The number of aromatic nitrogens is 6. The molecule has 9 heteroatoms. The molecule has 1 saturated heterocycles. The Morgan fingerprint density at radius 2 is 1.88 bits per heavy atom. The van der Waals surface area contributed by atoms with Crippen molar-refractivity contribution in [3.8, 4) is 17.3 Å². The van der Waals surface area contributed by atoms with E-state index in [0.29, 0.717) is 35.7 Å². The van der Waals surface area contributed by atoms with Crippen molar-refractivity contribution < 1.29 is 9.13 Å². The second-order valence-electron chi connectivity index (χ2n) is 7.79. The van der Waals surface area contributed by atoms with Crippen LogP contribution >= 0.6 is 15.9 Å². The summed E-state index contributed by atoms with van der Waals surface area (Å²) in [4.78, 5) is 18.7. The van der Waals surface area contributed by atoms with Crippen LogP contribution in [0.5, 0.6) is 0 Å². The van der Waals surface area contributed by atoms with Crippen LogP contribution in [0.1, 0.15) is 18.9 Å². The van der Waals surface area contributed by atoms with Crippen molar-refractivity contribution in [3.63, 3.8) is 0 Å². The molecule has 0 N–H and O–H groups in total. The normalized spacial score (nSPS) is 15.1. The Hall–Kier alpha value is -3.17. The second kappa shape index (κ2) is 7.75. The molecule has 0 aliphatic carbocycles. The molecule has 0 spiro atoms. The first kappa shape index (κ1) is 19.5. The molecular formula is C23H18BrFN6O. The first-order valence-corrected chi connectivity index (χ1v) is 11.2. The van der Waals surface area contributed by atoms with E-state index in [1.54, 1.807) is 23.2 Å². The summed E-state index contributed by atoms with van der Waals surface area (Å²) in [6, 6.07) is 12.8. The highest BCUT2D eigenvalue weighted by Gasteiger charge is 2.24. The molecule has 0 radical (unpaired) electrons. The van der Waals surface area contributed by atoms with Gasteiger partial charge in [0.05, 0.1) is 17.2 Å². The second-order valence-corrected chi connectivity index (χ2v) is 8.70. The molecule has 2 aromatic carbocycles. The van der Waals surface area contributed by atoms with E-state index in [2.05, 4.69) is 36.5 Å². The molecule has 0 bridgehead atoms. The maximum Gasteiger partial charge on any atom is 0.237 e. The Morgan fingerprint density at radius 1 is 1.00 bits per heavy atom. The number of fused-ring (bicyclic) bond motifs is 2. The number of halogens is 2. The highest BCUT2D eigenvalue weighted by atomic mass is 79.9. The van der Waals surface area contributed by atoms with E-state index in [-0.39, 0.29) is 11.9 Å². The van der Waals surface area contributed by atoms with Crippen LogP contribution in [0.2, 0.25) is 0 Å². The summed E-state index contributed by atoms with van der Waals surface area (Å²) in [5.41, 5.74) is 3.76. The van der Waals surface area contributed by atoms with E-state index in [1.165, 1.54) is 12.1 Å². The van der Waals surface area contributed by atoms with Gasteiger partial charge in [0.2, 0.25) is 5.95 Å². The van der Waals surface area contributed by atoms with Gasteiger partial charge in [0.15, 0.2) is 5.65 Å². The zero-order chi connectivity index (χ0) is 21.7. The Balaban J connectivity index is 1.57. The van der Waals surface area contributed by atoms with Gasteiger partial charge in [-0.15, -0.1) is 0 Å². The van der Waals surface area contributed by atoms with E-state index >= 15 is 0 Å². The smallest absolute Gasteiger partial charge is 0.237 e. The lowest BCUT2D eigenvalue weighted by Crippen LogP contribution is -2.20. The molecule has 160 valence electrons. The summed E-state index contributed by atoms with van der Waals surface area (Å²) in [7, 11) is 0. The van der Waals surface area contributed by atoms with E-state index < -0.39 is 0 Å². The third-order valence-corrected chi connectivity index (χ3v) is 6.28. The molecule has 0 saturated carbocycles. The molecule has 3 aromatic heterocycles. The molecular weight excluding hydrogens is 475 g/mol. The molecule has 32 heavy (non-hydrogen) atoms. The van der Waals surface area contributed by atoms with Gasteiger partial charge in [0.25, 0.3) is 0 Å². The number of rotatable bonds is 3. The Kier molecular flexibility index (Phi) is 4.73. The fourth-order valence-corrected chi connectivity index (χ4v) is 4.66. The van der Waals surface area contributed by atoms with E-state index in [0.717, 1.165) is 34.3 Å². The van der Waals surface area contributed by atoms with Crippen LogP contribution < -0.4 is 0 Å². The molecule has 0 amide bonds. The number of nitrogens with zero attached hydrogens (tertiary/aromatic N) is 6. The minimum absolute atomic E-state index is 0.211. The van der Waals surface area contributed by atoms with Crippen LogP contribution in [-0.2, 0) is 4.74 Å². The lowest BCUT2D eigenvalue weighted by Gasteiger charge is -2.25. The van der Waals surface area contributed by atoms with Crippen LogP contribution in [0.4, 0.5) is 4.39 Å². The zero-order valence-corrected chi connectivity index (χ0v) is 18.5. The van der Waals surface area contributed by atoms with Gasteiger partial charge < -0.3 is 9.30 Å². The predicted octanol–water partition coefficient (Wildman–Crippen LogP) is 5.09. The van der Waals surface area contributed by atoms with Gasteiger partial charge >= 0.3 is 0 Å². The Bertz CT molecular complexity index is 1460. The van der Waals surface area contributed by atoms with E-state index in [1.807, 2.05) is 18.2 Å². The molecule has 0 unspecified atom stereocenters. The standard InChI is InChI=1S/C23H18BrFN6O/c24-15-3-1-2-14(10-15)21-28-19-12-26-23(29-22(19)31(21)17-6-8-32-9-7-17)30-13-27-18-5-4-16(25)11-20(18)30/h1-5,10-13,17H,6-9H2. The zero-order valence-electron chi connectivity index (χ0n) is 16.9. The van der Waals surface area contributed by atoms with Crippen molar-refractivity contribution in [2.75, 3.05) is 13.2 Å². The molecule has 4 heterocycles. The number of hydrogen-bond acceptors (Lipinski definition) is 5. The fraction of sp³-hybridized carbons (Fsp3) is 0.217. The lowest BCUT2D eigenvalue weighted by molar-refractivity contribution is 0.0708. The topological polar surface area (TPSA) is 70.7 Å². The van der Waals surface area contributed by atoms with Crippen molar-refractivity contribution in [1.29, 1.82) is 0 Å². The van der Waals surface area contributed by atoms with Crippen LogP contribution in [0.25, 0.3) is 39.5 Å². The van der Waals surface area contributed by atoms with Gasteiger partial charge in [-0.05, 0) is 37.1 Å². The highest BCUT2D eigenvalue weighted by Crippen LogP contribution is 2.33. The number of benzene rings is 2. The maximum absolute atomic E-state index is 13.9. The lowest BCUT2D eigenvalue weighted by atomic mass is 10.1. The summed E-state index contributed by atoms with van der Waals surface area (Å²) in [6.45, 7) is 1.40. The van der Waals surface area contributed by atoms with Gasteiger partial charge in [-0.1, -0.05) is 28.1 Å². The molecule has 7 nitrogen and oxygen atoms in total. The van der Waals surface area contributed by atoms with Crippen LogP contribution in [0, 0.1) is 5.82 Å². The number of hydrogen-bond donors (Lipinski definition) is 0.